The van der Waals surface area contributed by atoms with E-state index in [0.717, 1.165) is 33.5 Å². The molecule has 3 aromatic carbocycles. The van der Waals surface area contributed by atoms with Crippen LogP contribution >= 0.6 is 0 Å². The van der Waals surface area contributed by atoms with E-state index >= 15 is 0 Å². The predicted molar refractivity (Wildman–Crippen MR) is 102 cm³/mol. The van der Waals surface area contributed by atoms with Crippen molar-refractivity contribution >= 4 is 39.6 Å². The number of benzene rings is 3. The van der Waals surface area contributed by atoms with Gasteiger partial charge in [0.05, 0.1) is 5.52 Å². The molecule has 0 saturated carbocycles. The second kappa shape index (κ2) is 6.20. The van der Waals surface area contributed by atoms with Crippen LogP contribution in [0, 0.1) is 0 Å². The van der Waals surface area contributed by atoms with Crippen molar-refractivity contribution in [3.63, 3.8) is 0 Å². The number of ether oxygens (including phenoxy) is 1. The van der Waals surface area contributed by atoms with Gasteiger partial charge in [0.25, 0.3) is 0 Å². The van der Waals surface area contributed by atoms with E-state index < -0.39 is 0 Å². The van der Waals surface area contributed by atoms with Crippen molar-refractivity contribution in [1.29, 1.82) is 0 Å². The Morgan fingerprint density at radius 1 is 0.840 bits per heavy atom. The molecule has 5 nitrogen and oxygen atoms in total. The van der Waals surface area contributed by atoms with Gasteiger partial charge in [0.2, 0.25) is 6.41 Å². The maximum atomic E-state index is 10.4. The van der Waals surface area contributed by atoms with Crippen LogP contribution in [0.15, 0.2) is 60.7 Å². The number of fused-ring (bicyclic) bond motifs is 3. The Labute approximate surface area is 144 Å². The molecule has 1 heterocycles. The van der Waals surface area contributed by atoms with Crippen LogP contribution in [0.1, 0.15) is 0 Å². The minimum atomic E-state index is 0.652. The fraction of sp³-hybridized carbons (Fsp3) is 0.0500. The first-order valence-corrected chi connectivity index (χ1v) is 7.98. The first-order chi connectivity index (χ1) is 12.3. The third kappa shape index (κ3) is 2.87. The van der Waals surface area contributed by atoms with Crippen molar-refractivity contribution < 1.29 is 9.53 Å². The summed E-state index contributed by atoms with van der Waals surface area (Å²) < 4.78 is 5.91. The van der Waals surface area contributed by atoms with Crippen molar-refractivity contribution in [2.45, 2.75) is 0 Å². The lowest BCUT2D eigenvalue weighted by Gasteiger charge is -2.06. The molecule has 0 aliphatic carbocycles. The summed E-state index contributed by atoms with van der Waals surface area (Å²) in [4.78, 5) is 13.9. The molecule has 0 bridgehead atoms. The van der Waals surface area contributed by atoms with E-state index in [1.807, 2.05) is 31.3 Å². The molecule has 0 saturated heterocycles. The van der Waals surface area contributed by atoms with Crippen LogP contribution in [0.25, 0.3) is 21.8 Å². The highest BCUT2D eigenvalue weighted by molar-refractivity contribution is 6.08. The standard InChI is InChI=1S/C20H17N3O2/c1-21-14-4-8-17-18-9-7-16(11-20(18)23-19(17)10-14)25-15-5-2-13(3-6-15)22-12-24/h2-12,21,23H,1H3,(H,22,24). The molecule has 0 atom stereocenters. The largest absolute Gasteiger partial charge is 0.457 e. The molecule has 4 rings (SSSR count). The Balaban J connectivity index is 1.66. The van der Waals surface area contributed by atoms with Gasteiger partial charge >= 0.3 is 0 Å². The van der Waals surface area contributed by atoms with Crippen molar-refractivity contribution in [3.05, 3.63) is 60.7 Å². The van der Waals surface area contributed by atoms with Gasteiger partial charge in [-0.25, -0.2) is 0 Å². The monoisotopic (exact) mass is 331 g/mol. The zero-order chi connectivity index (χ0) is 17.2. The molecule has 5 heteroatoms. The number of carbonyl (C=O) groups excluding carboxylic acids is 1. The Kier molecular flexibility index (Phi) is 3.74. The number of nitrogens with one attached hydrogen (secondary N) is 3. The zero-order valence-electron chi connectivity index (χ0n) is 13.7. The molecule has 0 aliphatic heterocycles. The lowest BCUT2D eigenvalue weighted by atomic mass is 10.1. The summed E-state index contributed by atoms with van der Waals surface area (Å²) in [5.74, 6) is 1.47. The molecule has 0 aliphatic rings. The summed E-state index contributed by atoms with van der Waals surface area (Å²) >= 11 is 0. The van der Waals surface area contributed by atoms with Crippen molar-refractivity contribution in [2.75, 3.05) is 17.7 Å². The molecular formula is C20H17N3O2. The normalized spacial score (nSPS) is 10.8. The highest BCUT2D eigenvalue weighted by atomic mass is 16.5. The lowest BCUT2D eigenvalue weighted by molar-refractivity contribution is -0.105. The molecule has 1 aromatic heterocycles. The van der Waals surface area contributed by atoms with E-state index in [9.17, 15) is 4.79 Å². The molecule has 3 N–H and O–H groups in total. The molecular weight excluding hydrogens is 314 g/mol. The first kappa shape index (κ1) is 15.1. The molecule has 0 radical (unpaired) electrons. The highest BCUT2D eigenvalue weighted by Gasteiger charge is 2.07. The van der Waals surface area contributed by atoms with E-state index in [1.54, 1.807) is 12.1 Å². The second-order valence-corrected chi connectivity index (χ2v) is 5.73. The smallest absolute Gasteiger partial charge is 0.211 e. The average Bonchev–Trinajstić information content (AvgIpc) is 3.00. The number of aromatic nitrogens is 1. The third-order valence-electron chi connectivity index (χ3n) is 4.17. The number of hydrogen-bond acceptors (Lipinski definition) is 3. The molecule has 0 unspecified atom stereocenters. The van der Waals surface area contributed by atoms with Crippen LogP contribution in [0.5, 0.6) is 11.5 Å². The van der Waals surface area contributed by atoms with Gasteiger partial charge in [-0.1, -0.05) is 6.07 Å². The minimum absolute atomic E-state index is 0.652. The maximum Gasteiger partial charge on any atom is 0.211 e. The fourth-order valence-electron chi connectivity index (χ4n) is 2.93. The van der Waals surface area contributed by atoms with Gasteiger partial charge in [-0.3, -0.25) is 4.79 Å². The van der Waals surface area contributed by atoms with Crippen molar-refractivity contribution in [2.24, 2.45) is 0 Å². The predicted octanol–water partition coefficient (Wildman–Crippen LogP) is 4.72. The Hall–Kier alpha value is -3.47. The van der Waals surface area contributed by atoms with Gasteiger partial charge in [0, 0.05) is 40.8 Å². The number of hydrogen-bond donors (Lipinski definition) is 3. The van der Waals surface area contributed by atoms with E-state index in [1.165, 1.54) is 5.39 Å². The fourth-order valence-corrected chi connectivity index (χ4v) is 2.93. The summed E-state index contributed by atoms with van der Waals surface area (Å²) in [5, 5.41) is 8.10. The quantitative estimate of drug-likeness (QED) is 0.463. The molecule has 0 fully saturated rings. The SMILES string of the molecule is CNc1ccc2c(c1)[nH]c1cc(Oc3ccc(NC=O)cc3)ccc12. The van der Waals surface area contributed by atoms with Crippen molar-refractivity contribution in [3.8, 4) is 11.5 Å². The van der Waals surface area contributed by atoms with Gasteiger partial charge in [-0.2, -0.15) is 0 Å². The molecule has 4 aromatic rings. The molecule has 25 heavy (non-hydrogen) atoms. The summed E-state index contributed by atoms with van der Waals surface area (Å²) in [7, 11) is 1.91. The van der Waals surface area contributed by atoms with Gasteiger partial charge in [0.1, 0.15) is 11.5 Å². The molecule has 1 amide bonds. The number of aromatic amines is 1. The Morgan fingerprint density at radius 3 is 2.20 bits per heavy atom. The Morgan fingerprint density at radius 2 is 1.48 bits per heavy atom. The van der Waals surface area contributed by atoms with E-state index in [0.29, 0.717) is 12.2 Å². The lowest BCUT2D eigenvalue weighted by Crippen LogP contribution is -1.93. The summed E-state index contributed by atoms with van der Waals surface area (Å²) in [6.07, 6.45) is 0.652. The number of anilines is 2. The number of H-pyrrole nitrogens is 1. The average molecular weight is 331 g/mol. The van der Waals surface area contributed by atoms with E-state index in [-0.39, 0.29) is 0 Å². The van der Waals surface area contributed by atoms with E-state index in [2.05, 4.69) is 39.9 Å². The van der Waals surface area contributed by atoms with Gasteiger partial charge in [0.15, 0.2) is 0 Å². The number of carbonyl (C=O) groups is 1. The summed E-state index contributed by atoms with van der Waals surface area (Å²) in [5.41, 5.74) is 3.91. The van der Waals surface area contributed by atoms with Crippen LogP contribution in [0.4, 0.5) is 11.4 Å². The minimum Gasteiger partial charge on any atom is -0.457 e. The van der Waals surface area contributed by atoms with Crippen LogP contribution in [-0.4, -0.2) is 18.4 Å². The highest BCUT2D eigenvalue weighted by Crippen LogP contribution is 2.31. The Bertz CT molecular complexity index is 1050. The van der Waals surface area contributed by atoms with E-state index in [4.69, 9.17) is 4.74 Å². The van der Waals surface area contributed by atoms with Gasteiger partial charge in [-0.05, 0) is 48.5 Å². The molecule has 0 spiro atoms. The first-order valence-electron chi connectivity index (χ1n) is 7.98. The summed E-state index contributed by atoms with van der Waals surface area (Å²) in [6.45, 7) is 0. The van der Waals surface area contributed by atoms with Crippen molar-refractivity contribution in [1.82, 2.24) is 4.98 Å². The number of amides is 1. The van der Waals surface area contributed by atoms with Gasteiger partial charge in [-0.15, -0.1) is 0 Å². The maximum absolute atomic E-state index is 10.4. The van der Waals surface area contributed by atoms with Crippen LogP contribution in [0.3, 0.4) is 0 Å². The zero-order valence-corrected chi connectivity index (χ0v) is 13.7. The second-order valence-electron chi connectivity index (χ2n) is 5.73. The topological polar surface area (TPSA) is 66.2 Å². The number of rotatable bonds is 5. The van der Waals surface area contributed by atoms with Crippen LogP contribution < -0.4 is 15.4 Å². The third-order valence-corrected chi connectivity index (χ3v) is 4.17. The van der Waals surface area contributed by atoms with Gasteiger partial charge < -0.3 is 20.4 Å². The van der Waals surface area contributed by atoms with Crippen LogP contribution in [-0.2, 0) is 4.79 Å². The van der Waals surface area contributed by atoms with Crippen LogP contribution in [0.2, 0.25) is 0 Å². The molecule has 124 valence electrons. The summed E-state index contributed by atoms with van der Waals surface area (Å²) in [6, 6.07) is 19.5.